The van der Waals surface area contributed by atoms with E-state index in [1.54, 1.807) is 24.3 Å². The van der Waals surface area contributed by atoms with Gasteiger partial charge in [-0.25, -0.2) is 0 Å². The fraction of sp³-hybridized carbons (Fsp3) is 0.625. The second-order valence-corrected chi connectivity index (χ2v) is 7.65. The van der Waals surface area contributed by atoms with Gasteiger partial charge in [-0.2, -0.15) is 8.42 Å². The van der Waals surface area contributed by atoms with Crippen LogP contribution >= 0.6 is 0 Å². The smallest absolute Gasteiger partial charge is 0.310 e. The largest absolute Gasteiger partial charge is 0.382 e. The van der Waals surface area contributed by atoms with Gasteiger partial charge in [-0.05, 0) is 25.0 Å². The van der Waals surface area contributed by atoms with E-state index in [0.717, 1.165) is 19.4 Å². The molecule has 2 aliphatic rings. The van der Waals surface area contributed by atoms with Gasteiger partial charge in [0.1, 0.15) is 5.75 Å². The maximum absolute atomic E-state index is 12.1. The van der Waals surface area contributed by atoms with E-state index in [2.05, 4.69) is 4.90 Å². The summed E-state index contributed by atoms with van der Waals surface area (Å²) in [4.78, 5) is 2.26. The van der Waals surface area contributed by atoms with Crippen LogP contribution in [0.1, 0.15) is 25.7 Å². The van der Waals surface area contributed by atoms with Crippen LogP contribution in [0.5, 0.6) is 5.75 Å². The second kappa shape index (κ2) is 6.98. The normalized spacial score (nSPS) is 26.4. The highest BCUT2D eigenvalue weighted by molar-refractivity contribution is 7.87. The first-order valence-corrected chi connectivity index (χ1v) is 9.55. The Hall–Kier alpha value is -1.11. The van der Waals surface area contributed by atoms with Crippen LogP contribution in [0, 0.1) is 0 Å². The maximum Gasteiger partial charge on any atom is 0.310 e. The molecule has 22 heavy (non-hydrogen) atoms. The summed E-state index contributed by atoms with van der Waals surface area (Å²) in [5.74, 6) is 0.394. The van der Waals surface area contributed by atoms with Gasteiger partial charge >= 0.3 is 10.1 Å². The standard InChI is InChI=1S/C16H23NO4S/c18-22(19,21-14-6-2-1-3-7-14)13-11-17-10-12-20-16-9-5-4-8-15(16)17/h1-3,6-7,15-16H,4-5,8-13H2/t15-,16+/m0/s1. The molecule has 0 aromatic heterocycles. The van der Waals surface area contributed by atoms with Crippen molar-refractivity contribution in [1.82, 2.24) is 4.90 Å². The summed E-state index contributed by atoms with van der Waals surface area (Å²) in [6.45, 7) is 2.02. The highest BCUT2D eigenvalue weighted by atomic mass is 32.2. The molecule has 1 aromatic carbocycles. The third kappa shape index (κ3) is 4.00. The summed E-state index contributed by atoms with van der Waals surface area (Å²) in [6.07, 6.45) is 4.89. The molecule has 3 rings (SSSR count). The van der Waals surface area contributed by atoms with Crippen LogP contribution < -0.4 is 4.18 Å². The van der Waals surface area contributed by atoms with Crippen molar-refractivity contribution in [3.8, 4) is 5.75 Å². The van der Waals surface area contributed by atoms with Crippen LogP contribution in [0.4, 0.5) is 0 Å². The molecule has 0 amide bonds. The summed E-state index contributed by atoms with van der Waals surface area (Å²) in [7, 11) is -3.55. The predicted molar refractivity (Wildman–Crippen MR) is 84.4 cm³/mol. The number of morpholine rings is 1. The Morgan fingerprint density at radius 2 is 1.95 bits per heavy atom. The van der Waals surface area contributed by atoms with Gasteiger partial charge in [0.25, 0.3) is 0 Å². The second-order valence-electron chi connectivity index (χ2n) is 5.96. The fourth-order valence-electron chi connectivity index (χ4n) is 3.35. The summed E-state index contributed by atoms with van der Waals surface area (Å²) in [5, 5.41) is 0. The first-order chi connectivity index (χ1) is 10.6. The van der Waals surface area contributed by atoms with Gasteiger partial charge in [0, 0.05) is 19.1 Å². The van der Waals surface area contributed by atoms with Gasteiger partial charge in [0.2, 0.25) is 0 Å². The minimum Gasteiger partial charge on any atom is -0.382 e. The third-order valence-corrected chi connectivity index (χ3v) is 5.57. The molecule has 1 aliphatic carbocycles. The molecule has 2 fully saturated rings. The van der Waals surface area contributed by atoms with E-state index >= 15 is 0 Å². The van der Waals surface area contributed by atoms with Gasteiger partial charge in [0.05, 0.1) is 18.5 Å². The van der Waals surface area contributed by atoms with Crippen LogP contribution in [0.3, 0.4) is 0 Å². The van der Waals surface area contributed by atoms with Crippen LogP contribution in [0.15, 0.2) is 30.3 Å². The molecule has 0 radical (unpaired) electrons. The lowest BCUT2D eigenvalue weighted by Gasteiger charge is -2.43. The highest BCUT2D eigenvalue weighted by Gasteiger charge is 2.34. The van der Waals surface area contributed by atoms with Crippen molar-refractivity contribution in [2.24, 2.45) is 0 Å². The highest BCUT2D eigenvalue weighted by Crippen LogP contribution is 2.28. The minimum absolute atomic E-state index is 0.0190. The number of hydrogen-bond acceptors (Lipinski definition) is 5. The van der Waals surface area contributed by atoms with Crippen molar-refractivity contribution in [3.05, 3.63) is 30.3 Å². The van der Waals surface area contributed by atoms with Gasteiger partial charge in [-0.1, -0.05) is 31.0 Å². The molecule has 1 aromatic rings. The number of ether oxygens (including phenoxy) is 1. The fourth-order valence-corrected chi connectivity index (χ4v) is 4.29. The van der Waals surface area contributed by atoms with Crippen LogP contribution in [0.25, 0.3) is 0 Å². The number of rotatable bonds is 5. The molecule has 2 atom stereocenters. The summed E-state index contributed by atoms with van der Waals surface area (Å²) in [6, 6.07) is 9.04. The predicted octanol–water partition coefficient (Wildman–Crippen LogP) is 2.04. The molecule has 6 heteroatoms. The Balaban J connectivity index is 1.56. The number of nitrogens with zero attached hydrogens (tertiary/aromatic N) is 1. The molecule has 0 unspecified atom stereocenters. The van der Waals surface area contributed by atoms with Crippen molar-refractivity contribution in [2.45, 2.75) is 37.8 Å². The van der Waals surface area contributed by atoms with E-state index in [0.29, 0.717) is 24.9 Å². The quantitative estimate of drug-likeness (QED) is 0.776. The molecular weight excluding hydrogens is 302 g/mol. The van der Waals surface area contributed by atoms with E-state index in [1.165, 1.54) is 12.8 Å². The summed E-state index contributed by atoms with van der Waals surface area (Å²) in [5.41, 5.74) is 0. The van der Waals surface area contributed by atoms with Crippen LogP contribution in [-0.2, 0) is 14.9 Å². The van der Waals surface area contributed by atoms with Crippen molar-refractivity contribution in [2.75, 3.05) is 25.4 Å². The molecular formula is C16H23NO4S. The maximum atomic E-state index is 12.1. The molecule has 1 saturated carbocycles. The molecule has 1 heterocycles. The van der Waals surface area contributed by atoms with Gasteiger partial charge < -0.3 is 8.92 Å². The van der Waals surface area contributed by atoms with Crippen LogP contribution in [-0.4, -0.2) is 50.9 Å². The number of fused-ring (bicyclic) bond motifs is 1. The molecule has 1 saturated heterocycles. The lowest BCUT2D eigenvalue weighted by molar-refractivity contribution is -0.0860. The summed E-state index contributed by atoms with van der Waals surface area (Å²) >= 11 is 0. The summed E-state index contributed by atoms with van der Waals surface area (Å²) < 4.78 is 35.2. The zero-order valence-corrected chi connectivity index (χ0v) is 13.5. The first kappa shape index (κ1) is 15.8. The van der Waals surface area contributed by atoms with Gasteiger partial charge in [-0.3, -0.25) is 4.90 Å². The average molecular weight is 325 g/mol. The Kier molecular flexibility index (Phi) is 5.00. The number of para-hydroxylation sites is 1. The zero-order valence-electron chi connectivity index (χ0n) is 12.7. The third-order valence-electron chi connectivity index (χ3n) is 4.44. The molecule has 0 N–H and O–H groups in total. The molecule has 0 spiro atoms. The average Bonchev–Trinajstić information content (AvgIpc) is 2.53. The van der Waals surface area contributed by atoms with Crippen molar-refractivity contribution in [3.63, 3.8) is 0 Å². The van der Waals surface area contributed by atoms with Gasteiger partial charge in [0.15, 0.2) is 0 Å². The molecule has 1 aliphatic heterocycles. The van der Waals surface area contributed by atoms with Crippen LogP contribution in [0.2, 0.25) is 0 Å². The number of hydrogen-bond donors (Lipinski definition) is 0. The van der Waals surface area contributed by atoms with E-state index in [4.69, 9.17) is 8.92 Å². The van der Waals surface area contributed by atoms with E-state index in [9.17, 15) is 8.42 Å². The lowest BCUT2D eigenvalue weighted by atomic mass is 9.90. The molecule has 122 valence electrons. The lowest BCUT2D eigenvalue weighted by Crippen LogP contribution is -2.53. The van der Waals surface area contributed by atoms with Crippen molar-refractivity contribution >= 4 is 10.1 Å². The molecule has 5 nitrogen and oxygen atoms in total. The van der Waals surface area contributed by atoms with Crippen molar-refractivity contribution < 1.29 is 17.3 Å². The Labute approximate surface area is 132 Å². The van der Waals surface area contributed by atoms with E-state index in [1.807, 2.05) is 6.07 Å². The topological polar surface area (TPSA) is 55.8 Å². The first-order valence-electron chi connectivity index (χ1n) is 7.97. The van der Waals surface area contributed by atoms with E-state index < -0.39 is 10.1 Å². The Bertz CT molecular complexity index is 573. The van der Waals surface area contributed by atoms with Crippen molar-refractivity contribution in [1.29, 1.82) is 0 Å². The Morgan fingerprint density at radius 3 is 2.77 bits per heavy atom. The molecule has 0 bridgehead atoms. The SMILES string of the molecule is O=S(=O)(CCN1CCO[C@@H]2CCCC[C@@H]21)Oc1ccccc1. The zero-order chi connectivity index (χ0) is 15.4. The minimum atomic E-state index is -3.55. The van der Waals surface area contributed by atoms with Gasteiger partial charge in [-0.15, -0.1) is 0 Å². The number of benzene rings is 1. The Morgan fingerprint density at radius 1 is 1.18 bits per heavy atom. The monoisotopic (exact) mass is 325 g/mol. The van der Waals surface area contributed by atoms with E-state index in [-0.39, 0.29) is 11.9 Å².